The second-order valence-corrected chi connectivity index (χ2v) is 6.46. The zero-order chi connectivity index (χ0) is 16.0. The van der Waals surface area contributed by atoms with E-state index in [1.54, 1.807) is 0 Å². The van der Waals surface area contributed by atoms with Gasteiger partial charge < -0.3 is 10.5 Å². The monoisotopic (exact) mass is 358 g/mol. The number of hydrogen-bond acceptors (Lipinski definition) is 4. The number of nitrogens with one attached hydrogen (secondary N) is 1. The van der Waals surface area contributed by atoms with Gasteiger partial charge >= 0.3 is 0 Å². The summed E-state index contributed by atoms with van der Waals surface area (Å²) in [5.41, 5.74) is 5.78. The number of sulfonamides is 1. The molecule has 3 N–H and O–H groups in total. The first-order chi connectivity index (χ1) is 9.74. The third-order valence-corrected chi connectivity index (χ3v) is 4.47. The van der Waals surface area contributed by atoms with Crippen LogP contribution in [-0.2, 0) is 14.8 Å². The largest absolute Gasteiger partial charge is 0.389 e. The molecule has 1 aromatic carbocycles. The van der Waals surface area contributed by atoms with Crippen LogP contribution in [0.2, 0.25) is 5.02 Å². The Kier molecular flexibility index (Phi) is 6.88. The van der Waals surface area contributed by atoms with Crippen LogP contribution in [0.3, 0.4) is 0 Å². The molecule has 10 heteroatoms. The summed E-state index contributed by atoms with van der Waals surface area (Å²) < 4.78 is 54.5. The Morgan fingerprint density at radius 1 is 1.48 bits per heavy atom. The van der Waals surface area contributed by atoms with E-state index in [1.807, 2.05) is 0 Å². The lowest BCUT2D eigenvalue weighted by atomic mass is 10.2. The molecule has 0 aromatic heterocycles. The molecule has 0 amide bonds. The lowest BCUT2D eigenvalue weighted by Crippen LogP contribution is -2.28. The van der Waals surface area contributed by atoms with Gasteiger partial charge in [-0.15, -0.1) is 0 Å². The van der Waals surface area contributed by atoms with Gasteiger partial charge in [-0.1, -0.05) is 29.9 Å². The molecule has 1 aromatic rings. The topological polar surface area (TPSA) is 81.4 Å². The first kappa shape index (κ1) is 18.2. The molecule has 118 valence electrons. The molecule has 0 radical (unpaired) electrons. The number of rotatable bonds is 8. The van der Waals surface area contributed by atoms with Crippen molar-refractivity contribution in [3.63, 3.8) is 0 Å². The molecule has 0 aliphatic rings. The van der Waals surface area contributed by atoms with E-state index in [1.165, 1.54) is 18.2 Å². The van der Waals surface area contributed by atoms with E-state index in [9.17, 15) is 17.2 Å². The van der Waals surface area contributed by atoms with Gasteiger partial charge in [-0.3, -0.25) is 0 Å². The Balaban J connectivity index is 2.74. The predicted molar refractivity (Wildman–Crippen MR) is 79.4 cm³/mol. The number of benzene rings is 1. The van der Waals surface area contributed by atoms with Gasteiger partial charge in [0.05, 0.1) is 11.6 Å². The average molecular weight is 359 g/mol. The number of halogens is 3. The Bertz CT molecular complexity index is 611. The fraction of sp³-hybridized carbons (Fsp3) is 0.364. The van der Waals surface area contributed by atoms with Crippen LogP contribution >= 0.6 is 23.8 Å². The summed E-state index contributed by atoms with van der Waals surface area (Å²) in [5, 5.41) is -0.00370. The molecule has 0 aliphatic carbocycles. The van der Waals surface area contributed by atoms with Gasteiger partial charge in [0.15, 0.2) is 0 Å². The second-order valence-electron chi connectivity index (χ2n) is 3.87. The highest BCUT2D eigenvalue weighted by Gasteiger charge is 2.18. The second kappa shape index (κ2) is 7.95. The summed E-state index contributed by atoms with van der Waals surface area (Å²) in [6.07, 6.45) is -2.60. The molecule has 0 fully saturated rings. The van der Waals surface area contributed by atoms with E-state index in [0.717, 1.165) is 0 Å². The number of thiocarbonyl (C=S) groups is 1. The first-order valence-electron chi connectivity index (χ1n) is 5.69. The van der Waals surface area contributed by atoms with Crippen molar-refractivity contribution in [2.75, 3.05) is 19.8 Å². The van der Waals surface area contributed by atoms with Gasteiger partial charge in [0, 0.05) is 12.1 Å². The smallest absolute Gasteiger partial charge is 0.261 e. The maximum Gasteiger partial charge on any atom is 0.261 e. The van der Waals surface area contributed by atoms with Gasteiger partial charge in [-0.05, 0) is 12.1 Å². The van der Waals surface area contributed by atoms with Crippen molar-refractivity contribution < 1.29 is 21.9 Å². The van der Waals surface area contributed by atoms with Crippen LogP contribution in [0.1, 0.15) is 5.56 Å². The summed E-state index contributed by atoms with van der Waals surface area (Å²) >= 11 is 10.6. The van der Waals surface area contributed by atoms with Gasteiger partial charge in [0.25, 0.3) is 6.43 Å². The Labute approximate surface area is 131 Å². The van der Waals surface area contributed by atoms with Crippen molar-refractivity contribution in [1.82, 2.24) is 4.72 Å². The lowest BCUT2D eigenvalue weighted by molar-refractivity contribution is 0.0199. The third-order valence-electron chi connectivity index (χ3n) is 2.29. The van der Waals surface area contributed by atoms with E-state index in [4.69, 9.17) is 29.6 Å². The number of nitrogens with two attached hydrogens (primary N) is 1. The standard InChI is InChI=1S/C11H13ClF2N2O3S2/c12-8-2-1-7(11(15)20)5-9(8)21(17,18)16-3-4-19-6-10(13)14/h1-2,5,10,16H,3-4,6H2,(H2,15,20). The zero-order valence-electron chi connectivity index (χ0n) is 10.7. The molecule has 5 nitrogen and oxygen atoms in total. The van der Waals surface area contributed by atoms with E-state index in [0.29, 0.717) is 5.56 Å². The van der Waals surface area contributed by atoms with Crippen molar-refractivity contribution in [3.05, 3.63) is 28.8 Å². The van der Waals surface area contributed by atoms with Crippen LogP contribution in [0.4, 0.5) is 8.78 Å². The number of hydrogen-bond donors (Lipinski definition) is 2. The van der Waals surface area contributed by atoms with Crippen molar-refractivity contribution in [1.29, 1.82) is 0 Å². The molecule has 0 bridgehead atoms. The Morgan fingerprint density at radius 2 is 2.14 bits per heavy atom. The average Bonchev–Trinajstić information content (AvgIpc) is 2.37. The summed E-state index contributed by atoms with van der Waals surface area (Å²) in [7, 11) is -3.91. The summed E-state index contributed by atoms with van der Waals surface area (Å²) in [4.78, 5) is -0.160. The Morgan fingerprint density at radius 3 is 2.71 bits per heavy atom. The van der Waals surface area contributed by atoms with Crippen LogP contribution < -0.4 is 10.5 Å². The Hall–Kier alpha value is -0.870. The summed E-state index contributed by atoms with van der Waals surface area (Å²) in [6, 6.07) is 4.10. The maximum absolute atomic E-state index is 12.0. The third kappa shape index (κ3) is 5.79. The summed E-state index contributed by atoms with van der Waals surface area (Å²) in [5.74, 6) is 0. The van der Waals surface area contributed by atoms with E-state index < -0.39 is 23.1 Å². The van der Waals surface area contributed by atoms with Crippen LogP contribution in [0.15, 0.2) is 23.1 Å². The van der Waals surface area contributed by atoms with Gasteiger partial charge in [-0.2, -0.15) is 0 Å². The molecular weight excluding hydrogens is 346 g/mol. The van der Waals surface area contributed by atoms with Crippen molar-refractivity contribution in [2.45, 2.75) is 11.3 Å². The number of ether oxygens (including phenoxy) is 1. The van der Waals surface area contributed by atoms with Crippen LogP contribution in [-0.4, -0.2) is 39.6 Å². The van der Waals surface area contributed by atoms with Gasteiger partial charge in [0.2, 0.25) is 10.0 Å². The molecule has 0 spiro atoms. The van der Waals surface area contributed by atoms with E-state index in [2.05, 4.69) is 9.46 Å². The molecule has 0 heterocycles. The first-order valence-corrected chi connectivity index (χ1v) is 7.96. The molecule has 21 heavy (non-hydrogen) atoms. The fourth-order valence-corrected chi connectivity index (χ4v) is 3.02. The van der Waals surface area contributed by atoms with Gasteiger partial charge in [0.1, 0.15) is 16.5 Å². The minimum atomic E-state index is -3.91. The quantitative estimate of drug-likeness (QED) is 0.544. The minimum Gasteiger partial charge on any atom is -0.389 e. The maximum atomic E-state index is 12.0. The summed E-state index contributed by atoms with van der Waals surface area (Å²) in [6.45, 7) is -1.10. The fourth-order valence-electron chi connectivity index (χ4n) is 1.36. The lowest BCUT2D eigenvalue weighted by Gasteiger charge is -2.10. The molecule has 1 rings (SSSR count). The van der Waals surface area contributed by atoms with Crippen molar-refractivity contribution in [2.24, 2.45) is 5.73 Å². The SMILES string of the molecule is NC(=S)c1ccc(Cl)c(S(=O)(=O)NCCOCC(F)F)c1. The normalized spacial score (nSPS) is 11.8. The van der Waals surface area contributed by atoms with Crippen molar-refractivity contribution >= 4 is 38.8 Å². The number of alkyl halides is 2. The molecular formula is C11H13ClF2N2O3S2. The highest BCUT2D eigenvalue weighted by molar-refractivity contribution is 7.89. The molecule has 0 saturated carbocycles. The van der Waals surface area contributed by atoms with E-state index in [-0.39, 0.29) is 28.1 Å². The molecule has 0 aliphatic heterocycles. The van der Waals surface area contributed by atoms with Crippen LogP contribution in [0, 0.1) is 0 Å². The zero-order valence-corrected chi connectivity index (χ0v) is 13.1. The van der Waals surface area contributed by atoms with Crippen LogP contribution in [0.5, 0.6) is 0 Å². The van der Waals surface area contributed by atoms with E-state index >= 15 is 0 Å². The minimum absolute atomic E-state index is 0.00370. The van der Waals surface area contributed by atoms with Crippen molar-refractivity contribution in [3.8, 4) is 0 Å². The van der Waals surface area contributed by atoms with Crippen LogP contribution in [0.25, 0.3) is 0 Å². The molecule has 0 atom stereocenters. The molecule has 0 saturated heterocycles. The molecule has 0 unspecified atom stereocenters. The highest BCUT2D eigenvalue weighted by atomic mass is 35.5. The predicted octanol–water partition coefficient (Wildman–Crippen LogP) is 1.53. The highest BCUT2D eigenvalue weighted by Crippen LogP contribution is 2.22. The van der Waals surface area contributed by atoms with Gasteiger partial charge in [-0.25, -0.2) is 21.9 Å².